The van der Waals surface area contributed by atoms with Crippen molar-refractivity contribution in [2.45, 2.75) is 13.1 Å². The zero-order chi connectivity index (χ0) is 18.6. The molecule has 0 saturated carbocycles. The summed E-state index contributed by atoms with van der Waals surface area (Å²) in [5.41, 5.74) is 3.01. The molecule has 4 rings (SSSR count). The van der Waals surface area contributed by atoms with Crippen molar-refractivity contribution in [1.29, 1.82) is 0 Å². The number of carbonyl (C=O) groups excluding carboxylic acids is 1. The van der Waals surface area contributed by atoms with Crippen LogP contribution in [-0.4, -0.2) is 15.5 Å². The summed E-state index contributed by atoms with van der Waals surface area (Å²) in [6, 6.07) is 26.7. The van der Waals surface area contributed by atoms with Crippen LogP contribution in [0.15, 0.2) is 89.7 Å². The number of amides is 1. The fourth-order valence-corrected chi connectivity index (χ4v) is 3.18. The predicted octanol–water partition coefficient (Wildman–Crippen LogP) is 3.56. The molecule has 0 aliphatic carbocycles. The largest absolute Gasteiger partial charge is 0.326 e. The Bertz CT molecular complexity index is 1110. The standard InChI is InChI=1S/C22H19N3O2/c26-21(16-25-20-14-8-7-13-19(20)23-22(25)27)24(18-11-5-2-6-12-18)15-17-9-3-1-4-10-17/h1-14H,15-16H2,(H,23,27). The molecule has 0 unspecified atom stereocenters. The summed E-state index contributed by atoms with van der Waals surface area (Å²) in [5, 5.41) is 0. The summed E-state index contributed by atoms with van der Waals surface area (Å²) in [6.45, 7) is 0.422. The third-order valence-electron chi connectivity index (χ3n) is 4.53. The van der Waals surface area contributed by atoms with Crippen LogP contribution in [0.4, 0.5) is 5.69 Å². The summed E-state index contributed by atoms with van der Waals surface area (Å²) >= 11 is 0. The van der Waals surface area contributed by atoms with Crippen molar-refractivity contribution < 1.29 is 4.79 Å². The number of imidazole rings is 1. The molecule has 0 saturated heterocycles. The SMILES string of the molecule is O=C(Cn1c(=O)[nH]c2ccccc21)N(Cc1ccccc1)c1ccccc1. The van der Waals surface area contributed by atoms with Crippen molar-refractivity contribution >= 4 is 22.6 Å². The molecule has 1 heterocycles. The molecular formula is C22H19N3O2. The second kappa shape index (κ2) is 7.33. The van der Waals surface area contributed by atoms with E-state index >= 15 is 0 Å². The lowest BCUT2D eigenvalue weighted by Gasteiger charge is -2.23. The van der Waals surface area contributed by atoms with E-state index in [4.69, 9.17) is 0 Å². The maximum Gasteiger partial charge on any atom is 0.326 e. The molecule has 5 nitrogen and oxygen atoms in total. The van der Waals surface area contributed by atoms with Gasteiger partial charge >= 0.3 is 5.69 Å². The molecule has 1 aromatic heterocycles. The number of aromatic nitrogens is 2. The predicted molar refractivity (Wildman–Crippen MR) is 107 cm³/mol. The van der Waals surface area contributed by atoms with E-state index in [2.05, 4.69) is 4.98 Å². The minimum Gasteiger partial charge on any atom is -0.306 e. The van der Waals surface area contributed by atoms with E-state index in [-0.39, 0.29) is 18.1 Å². The first kappa shape index (κ1) is 16.8. The molecule has 0 aliphatic heterocycles. The minimum absolute atomic E-state index is 0.0232. The Labute approximate surface area is 156 Å². The maximum atomic E-state index is 13.2. The van der Waals surface area contributed by atoms with Gasteiger partial charge < -0.3 is 9.88 Å². The molecule has 0 aliphatic rings. The van der Waals surface area contributed by atoms with Gasteiger partial charge in [0.2, 0.25) is 5.91 Å². The number of fused-ring (bicyclic) bond motifs is 1. The van der Waals surface area contributed by atoms with Crippen LogP contribution in [0.25, 0.3) is 11.0 Å². The van der Waals surface area contributed by atoms with Gasteiger partial charge in [0.25, 0.3) is 0 Å². The highest BCUT2D eigenvalue weighted by atomic mass is 16.2. The number of rotatable bonds is 5. The first-order valence-electron chi connectivity index (χ1n) is 8.79. The fraction of sp³-hybridized carbons (Fsp3) is 0.0909. The van der Waals surface area contributed by atoms with Gasteiger partial charge in [0.15, 0.2) is 0 Å². The van der Waals surface area contributed by atoms with E-state index in [0.717, 1.165) is 22.3 Å². The van der Waals surface area contributed by atoms with E-state index in [1.54, 1.807) is 4.90 Å². The second-order valence-corrected chi connectivity index (χ2v) is 6.33. The van der Waals surface area contributed by atoms with Gasteiger partial charge in [0.05, 0.1) is 17.6 Å². The van der Waals surface area contributed by atoms with Crippen LogP contribution in [0.5, 0.6) is 0 Å². The van der Waals surface area contributed by atoms with Crippen molar-refractivity contribution in [2.24, 2.45) is 0 Å². The number of para-hydroxylation sites is 3. The van der Waals surface area contributed by atoms with Crippen LogP contribution in [0.3, 0.4) is 0 Å². The number of nitrogens with zero attached hydrogens (tertiary/aromatic N) is 2. The molecule has 0 bridgehead atoms. The summed E-state index contributed by atoms with van der Waals surface area (Å²) in [4.78, 5) is 30.0. The second-order valence-electron chi connectivity index (χ2n) is 6.33. The molecule has 1 N–H and O–H groups in total. The van der Waals surface area contributed by atoms with Crippen LogP contribution >= 0.6 is 0 Å². The Morgan fingerprint density at radius 3 is 2.22 bits per heavy atom. The van der Waals surface area contributed by atoms with E-state index in [0.29, 0.717) is 6.54 Å². The third kappa shape index (κ3) is 3.53. The third-order valence-corrected chi connectivity index (χ3v) is 4.53. The number of nitrogens with one attached hydrogen (secondary N) is 1. The van der Waals surface area contributed by atoms with Gasteiger partial charge in [-0.05, 0) is 29.8 Å². The molecule has 1 amide bonds. The highest BCUT2D eigenvalue weighted by Gasteiger charge is 2.19. The molecule has 0 spiro atoms. The molecule has 134 valence electrons. The van der Waals surface area contributed by atoms with Gasteiger partial charge in [-0.25, -0.2) is 4.79 Å². The van der Waals surface area contributed by atoms with Gasteiger partial charge in [-0.1, -0.05) is 60.7 Å². The Morgan fingerprint density at radius 1 is 0.852 bits per heavy atom. The van der Waals surface area contributed by atoms with Crippen molar-refractivity contribution in [2.75, 3.05) is 4.90 Å². The van der Waals surface area contributed by atoms with Crippen LogP contribution in [0.1, 0.15) is 5.56 Å². The lowest BCUT2D eigenvalue weighted by atomic mass is 10.2. The van der Waals surface area contributed by atoms with Gasteiger partial charge in [-0.2, -0.15) is 0 Å². The topological polar surface area (TPSA) is 58.1 Å². The van der Waals surface area contributed by atoms with Crippen LogP contribution in [0.2, 0.25) is 0 Å². The van der Waals surface area contributed by atoms with Gasteiger partial charge in [-0.3, -0.25) is 9.36 Å². The zero-order valence-corrected chi connectivity index (χ0v) is 14.7. The number of carbonyl (C=O) groups is 1. The molecular weight excluding hydrogens is 338 g/mol. The fourth-order valence-electron chi connectivity index (χ4n) is 3.18. The molecule has 0 fully saturated rings. The summed E-state index contributed by atoms with van der Waals surface area (Å²) in [7, 11) is 0. The first-order chi connectivity index (χ1) is 13.2. The average Bonchev–Trinajstić information content (AvgIpc) is 3.03. The Balaban J connectivity index is 1.68. The number of anilines is 1. The Hall–Kier alpha value is -3.60. The van der Waals surface area contributed by atoms with Crippen molar-refractivity contribution in [1.82, 2.24) is 9.55 Å². The van der Waals surface area contributed by atoms with Crippen molar-refractivity contribution in [3.05, 3.63) is 101 Å². The van der Waals surface area contributed by atoms with E-state index in [9.17, 15) is 9.59 Å². The van der Waals surface area contributed by atoms with Gasteiger partial charge in [0.1, 0.15) is 6.54 Å². The van der Waals surface area contributed by atoms with E-state index < -0.39 is 0 Å². The Morgan fingerprint density at radius 2 is 1.48 bits per heavy atom. The molecule has 3 aromatic carbocycles. The lowest BCUT2D eigenvalue weighted by molar-refractivity contribution is -0.119. The lowest BCUT2D eigenvalue weighted by Crippen LogP contribution is -2.35. The monoisotopic (exact) mass is 357 g/mol. The van der Waals surface area contributed by atoms with Crippen LogP contribution in [-0.2, 0) is 17.9 Å². The first-order valence-corrected chi connectivity index (χ1v) is 8.79. The van der Waals surface area contributed by atoms with Gasteiger partial charge in [-0.15, -0.1) is 0 Å². The molecule has 0 radical (unpaired) electrons. The molecule has 4 aromatic rings. The number of hydrogen-bond acceptors (Lipinski definition) is 2. The van der Waals surface area contributed by atoms with E-state index in [1.165, 1.54) is 4.57 Å². The smallest absolute Gasteiger partial charge is 0.306 e. The van der Waals surface area contributed by atoms with Gasteiger partial charge in [0, 0.05) is 5.69 Å². The normalized spacial score (nSPS) is 10.8. The summed E-state index contributed by atoms with van der Waals surface area (Å²) < 4.78 is 1.48. The minimum atomic E-state index is -0.280. The quantitative estimate of drug-likeness (QED) is 0.594. The highest BCUT2D eigenvalue weighted by Crippen LogP contribution is 2.18. The average molecular weight is 357 g/mol. The number of H-pyrrole nitrogens is 1. The van der Waals surface area contributed by atoms with Crippen LogP contribution < -0.4 is 10.6 Å². The van der Waals surface area contributed by atoms with Crippen molar-refractivity contribution in [3.63, 3.8) is 0 Å². The Kier molecular flexibility index (Phi) is 4.58. The summed E-state index contributed by atoms with van der Waals surface area (Å²) in [5.74, 6) is -0.142. The molecule has 0 atom stereocenters. The van der Waals surface area contributed by atoms with E-state index in [1.807, 2.05) is 84.9 Å². The number of hydrogen-bond donors (Lipinski definition) is 1. The highest BCUT2D eigenvalue weighted by molar-refractivity contribution is 5.94. The van der Waals surface area contributed by atoms with Crippen molar-refractivity contribution in [3.8, 4) is 0 Å². The molecule has 5 heteroatoms. The molecule has 27 heavy (non-hydrogen) atoms. The maximum absolute atomic E-state index is 13.2. The number of benzene rings is 3. The zero-order valence-electron chi connectivity index (χ0n) is 14.7. The number of aromatic amines is 1. The summed E-state index contributed by atoms with van der Waals surface area (Å²) in [6.07, 6.45) is 0. The van der Waals surface area contributed by atoms with Crippen LogP contribution in [0, 0.1) is 0 Å².